The van der Waals surface area contributed by atoms with E-state index in [-0.39, 0.29) is 30.6 Å². The van der Waals surface area contributed by atoms with E-state index in [2.05, 4.69) is 9.97 Å². The molecule has 1 unspecified atom stereocenters. The maximum atomic E-state index is 15.2. The standard InChI is InChI=1S/C24H25FN3O5P/c1-4-10-34(30,33-5-2)20-9-6-15(11-17(20)25)14(3)28-22-16-7-8-19-23(32-13-31-19)21(16)26-12-18(22)27-24(28)29/h6-9,11-12,14H,4-5,10,13H2,1-3H3,(H,27,29)/t14-,34?/m0/s1. The van der Waals surface area contributed by atoms with Gasteiger partial charge in [0.05, 0.1) is 35.2 Å². The third-order valence-corrected chi connectivity index (χ3v) is 8.92. The van der Waals surface area contributed by atoms with Gasteiger partial charge in [0.1, 0.15) is 11.3 Å². The molecule has 1 aliphatic rings. The number of rotatable bonds is 7. The number of hydrogen-bond donors (Lipinski definition) is 1. The summed E-state index contributed by atoms with van der Waals surface area (Å²) in [7, 11) is -3.29. The lowest BCUT2D eigenvalue weighted by Crippen LogP contribution is -2.22. The molecule has 34 heavy (non-hydrogen) atoms. The van der Waals surface area contributed by atoms with Crippen molar-refractivity contribution in [3.05, 3.63) is 58.4 Å². The lowest BCUT2D eigenvalue weighted by molar-refractivity contribution is 0.174. The monoisotopic (exact) mass is 485 g/mol. The Labute approximate surface area is 195 Å². The van der Waals surface area contributed by atoms with E-state index >= 15 is 4.39 Å². The van der Waals surface area contributed by atoms with Crippen LogP contribution in [0.15, 0.2) is 41.3 Å². The maximum Gasteiger partial charge on any atom is 0.327 e. The fourth-order valence-electron chi connectivity index (χ4n) is 4.58. The quantitative estimate of drug-likeness (QED) is 0.381. The van der Waals surface area contributed by atoms with Gasteiger partial charge in [-0.25, -0.2) is 14.2 Å². The fourth-order valence-corrected chi connectivity index (χ4v) is 6.78. The molecule has 0 radical (unpaired) electrons. The first-order chi connectivity index (χ1) is 16.4. The number of nitrogens with zero attached hydrogens (tertiary/aromatic N) is 2. The van der Waals surface area contributed by atoms with Crippen molar-refractivity contribution in [2.45, 2.75) is 33.2 Å². The second kappa shape index (κ2) is 8.56. The number of H-pyrrole nitrogens is 1. The molecule has 8 nitrogen and oxygen atoms in total. The van der Waals surface area contributed by atoms with Gasteiger partial charge >= 0.3 is 5.69 Å². The molecular formula is C24H25FN3O5P. The van der Waals surface area contributed by atoms with E-state index in [1.54, 1.807) is 29.8 Å². The van der Waals surface area contributed by atoms with Crippen LogP contribution in [0.1, 0.15) is 38.8 Å². The molecule has 1 aliphatic heterocycles. The van der Waals surface area contributed by atoms with E-state index in [4.69, 9.17) is 14.0 Å². The van der Waals surface area contributed by atoms with Gasteiger partial charge in [-0.3, -0.25) is 9.13 Å². The van der Waals surface area contributed by atoms with E-state index in [1.807, 2.05) is 19.9 Å². The highest BCUT2D eigenvalue weighted by Crippen LogP contribution is 2.47. The summed E-state index contributed by atoms with van der Waals surface area (Å²) in [4.78, 5) is 20.3. The predicted octanol–water partition coefficient (Wildman–Crippen LogP) is 4.70. The number of imidazole rings is 1. The summed E-state index contributed by atoms with van der Waals surface area (Å²) in [6, 6.07) is 7.66. The highest BCUT2D eigenvalue weighted by Gasteiger charge is 2.29. The van der Waals surface area contributed by atoms with Gasteiger partial charge in [0.25, 0.3) is 0 Å². The third kappa shape index (κ3) is 3.51. The lowest BCUT2D eigenvalue weighted by atomic mass is 10.1. The molecule has 0 fully saturated rings. The number of ether oxygens (including phenoxy) is 2. The molecule has 5 rings (SSSR count). The van der Waals surface area contributed by atoms with Crippen molar-refractivity contribution in [1.82, 2.24) is 14.5 Å². The zero-order valence-electron chi connectivity index (χ0n) is 19.1. The van der Waals surface area contributed by atoms with Crippen LogP contribution in [0, 0.1) is 5.82 Å². The van der Waals surface area contributed by atoms with Gasteiger partial charge in [-0.05, 0) is 50.1 Å². The van der Waals surface area contributed by atoms with Crippen molar-refractivity contribution in [3.63, 3.8) is 0 Å². The van der Waals surface area contributed by atoms with Gasteiger partial charge < -0.3 is 19.0 Å². The second-order valence-electron chi connectivity index (χ2n) is 8.22. The number of aromatic amines is 1. The average molecular weight is 485 g/mol. The number of aromatic nitrogens is 3. The van der Waals surface area contributed by atoms with Crippen molar-refractivity contribution < 1.29 is 23.0 Å². The van der Waals surface area contributed by atoms with Gasteiger partial charge in [0.15, 0.2) is 11.5 Å². The Bertz CT molecular complexity index is 1500. The Hall–Kier alpha value is -3.16. The minimum Gasteiger partial charge on any atom is -0.454 e. The van der Waals surface area contributed by atoms with Crippen molar-refractivity contribution in [2.24, 2.45) is 0 Å². The number of fused-ring (bicyclic) bond motifs is 5. The first kappa shape index (κ1) is 22.6. The number of benzene rings is 2. The van der Waals surface area contributed by atoms with Crippen molar-refractivity contribution in [3.8, 4) is 11.5 Å². The molecule has 2 aromatic carbocycles. The average Bonchev–Trinajstić information content (AvgIpc) is 3.42. The number of halogens is 1. The van der Waals surface area contributed by atoms with Crippen molar-refractivity contribution in [2.75, 3.05) is 19.6 Å². The number of nitrogens with one attached hydrogen (secondary N) is 1. The number of pyridine rings is 1. The lowest BCUT2D eigenvalue weighted by Gasteiger charge is -2.20. The molecule has 0 saturated heterocycles. The van der Waals surface area contributed by atoms with Crippen LogP contribution in [-0.2, 0) is 9.09 Å². The van der Waals surface area contributed by atoms with Gasteiger partial charge in [0, 0.05) is 11.5 Å². The van der Waals surface area contributed by atoms with Gasteiger partial charge in [-0.15, -0.1) is 0 Å². The first-order valence-electron chi connectivity index (χ1n) is 11.2. The Balaban J connectivity index is 1.63. The molecule has 4 aromatic rings. The van der Waals surface area contributed by atoms with Crippen LogP contribution in [0.2, 0.25) is 0 Å². The molecule has 10 heteroatoms. The Kier molecular flexibility index (Phi) is 5.70. The summed E-state index contributed by atoms with van der Waals surface area (Å²) in [6.07, 6.45) is 2.46. The van der Waals surface area contributed by atoms with E-state index in [1.165, 1.54) is 12.1 Å². The van der Waals surface area contributed by atoms with E-state index in [0.717, 1.165) is 0 Å². The smallest absolute Gasteiger partial charge is 0.327 e. The molecule has 2 atom stereocenters. The first-order valence-corrected chi connectivity index (χ1v) is 13.0. The van der Waals surface area contributed by atoms with E-state index < -0.39 is 19.2 Å². The summed E-state index contributed by atoms with van der Waals surface area (Å²) >= 11 is 0. The molecule has 0 bridgehead atoms. The summed E-state index contributed by atoms with van der Waals surface area (Å²) < 4.78 is 46.6. The normalized spacial score (nSPS) is 15.6. The largest absolute Gasteiger partial charge is 0.454 e. The Morgan fingerprint density at radius 1 is 1.26 bits per heavy atom. The minimum absolute atomic E-state index is 0.0841. The van der Waals surface area contributed by atoms with Crippen LogP contribution >= 0.6 is 7.37 Å². The highest BCUT2D eigenvalue weighted by molar-refractivity contribution is 7.67. The van der Waals surface area contributed by atoms with Crippen LogP contribution in [0.25, 0.3) is 21.9 Å². The van der Waals surface area contributed by atoms with Gasteiger partial charge in [-0.1, -0.05) is 13.0 Å². The Morgan fingerprint density at radius 2 is 2.09 bits per heavy atom. The van der Waals surface area contributed by atoms with Crippen molar-refractivity contribution >= 4 is 34.6 Å². The summed E-state index contributed by atoms with van der Waals surface area (Å²) in [5.41, 5.74) is 2.00. The van der Waals surface area contributed by atoms with Crippen LogP contribution < -0.4 is 20.5 Å². The van der Waals surface area contributed by atoms with Crippen LogP contribution in [-0.4, -0.2) is 34.1 Å². The maximum absolute atomic E-state index is 15.2. The SMILES string of the molecule is CCCP(=O)(OCC)c1ccc([C@H](C)n2c(=O)[nH]c3cnc4c5c(ccc4c32)OCO5)cc1F. The molecule has 1 N–H and O–H groups in total. The molecule has 2 aromatic heterocycles. The third-order valence-electron chi connectivity index (χ3n) is 6.11. The highest BCUT2D eigenvalue weighted by atomic mass is 31.2. The molecule has 0 amide bonds. The topological polar surface area (TPSA) is 95.4 Å². The predicted molar refractivity (Wildman–Crippen MR) is 128 cm³/mol. The molecule has 0 spiro atoms. The summed E-state index contributed by atoms with van der Waals surface area (Å²) in [5, 5.41) is 0.800. The second-order valence-corrected chi connectivity index (χ2v) is 10.8. The minimum atomic E-state index is -3.29. The fraction of sp³-hybridized carbons (Fsp3) is 0.333. The summed E-state index contributed by atoms with van der Waals surface area (Å²) in [5.74, 6) is 0.530. The van der Waals surface area contributed by atoms with Gasteiger partial charge in [-0.2, -0.15) is 0 Å². The summed E-state index contributed by atoms with van der Waals surface area (Å²) in [6.45, 7) is 5.79. The molecular weight excluding hydrogens is 460 g/mol. The van der Waals surface area contributed by atoms with Crippen LogP contribution in [0.3, 0.4) is 0 Å². The van der Waals surface area contributed by atoms with Crippen LogP contribution in [0.5, 0.6) is 11.5 Å². The zero-order chi connectivity index (χ0) is 24.0. The molecule has 0 saturated carbocycles. The van der Waals surface area contributed by atoms with Crippen LogP contribution in [0.4, 0.5) is 4.39 Å². The van der Waals surface area contributed by atoms with Crippen molar-refractivity contribution in [1.29, 1.82) is 0 Å². The zero-order valence-corrected chi connectivity index (χ0v) is 20.0. The Morgan fingerprint density at radius 3 is 2.82 bits per heavy atom. The molecule has 0 aliphatic carbocycles. The molecule has 3 heterocycles. The number of hydrogen-bond acceptors (Lipinski definition) is 6. The van der Waals surface area contributed by atoms with E-state index in [0.29, 0.717) is 45.4 Å². The van der Waals surface area contributed by atoms with Gasteiger partial charge in [0.2, 0.25) is 14.2 Å². The van der Waals surface area contributed by atoms with E-state index in [9.17, 15) is 9.36 Å². The molecule has 178 valence electrons.